The lowest BCUT2D eigenvalue weighted by atomic mass is 9.95. The van der Waals surface area contributed by atoms with Crippen LogP contribution in [0.4, 0.5) is 0 Å². The van der Waals surface area contributed by atoms with Crippen molar-refractivity contribution in [3.05, 3.63) is 76.5 Å². The first-order chi connectivity index (χ1) is 15.5. The van der Waals surface area contributed by atoms with Crippen LogP contribution in [0.3, 0.4) is 0 Å². The van der Waals surface area contributed by atoms with Crippen LogP contribution in [0.25, 0.3) is 11.3 Å². The summed E-state index contributed by atoms with van der Waals surface area (Å²) >= 11 is 6.33. The number of aromatic amines is 1. The summed E-state index contributed by atoms with van der Waals surface area (Å²) in [7, 11) is 1.60. The van der Waals surface area contributed by atoms with Crippen molar-refractivity contribution in [2.75, 3.05) is 26.9 Å². The molecule has 0 radical (unpaired) electrons. The molecule has 8 heteroatoms. The van der Waals surface area contributed by atoms with Crippen LogP contribution in [0.1, 0.15) is 33.2 Å². The van der Waals surface area contributed by atoms with Gasteiger partial charge in [-0.05, 0) is 42.3 Å². The number of phenolic OH excluding ortho intramolecular Hbond substituents is 1. The molecule has 1 unspecified atom stereocenters. The maximum atomic E-state index is 13.3. The van der Waals surface area contributed by atoms with E-state index in [9.17, 15) is 9.90 Å². The number of ether oxygens (including phenoxy) is 2. The van der Waals surface area contributed by atoms with Gasteiger partial charge in [-0.25, -0.2) is 0 Å². The van der Waals surface area contributed by atoms with Crippen LogP contribution in [-0.4, -0.2) is 53.0 Å². The molecule has 2 N–H and O–H groups in total. The van der Waals surface area contributed by atoms with Crippen LogP contribution < -0.4 is 4.74 Å². The van der Waals surface area contributed by atoms with Gasteiger partial charge in [-0.1, -0.05) is 36.4 Å². The van der Waals surface area contributed by atoms with Crippen LogP contribution in [-0.2, 0) is 4.74 Å². The van der Waals surface area contributed by atoms with Gasteiger partial charge in [-0.3, -0.25) is 9.89 Å². The van der Waals surface area contributed by atoms with Gasteiger partial charge in [0.25, 0.3) is 5.91 Å². The number of amides is 1. The molecular weight excluding hydrogens is 430 g/mol. The smallest absolute Gasteiger partial charge is 0.273 e. The second-order valence-electron chi connectivity index (χ2n) is 7.55. The number of H-pyrrole nitrogens is 1. The minimum Gasteiger partial charge on any atom is -0.507 e. The van der Waals surface area contributed by atoms with E-state index in [1.54, 1.807) is 30.2 Å². The third kappa shape index (κ3) is 3.85. The number of carbonyl (C=O) groups excluding carboxylic acids is 1. The summed E-state index contributed by atoms with van der Waals surface area (Å²) in [6.07, 6.45) is 1.67. The molecule has 0 aliphatic carbocycles. The summed E-state index contributed by atoms with van der Waals surface area (Å²) in [6, 6.07) is 10.4. The Morgan fingerprint density at radius 3 is 2.91 bits per heavy atom. The summed E-state index contributed by atoms with van der Waals surface area (Å²) < 4.78 is 10.9. The van der Waals surface area contributed by atoms with E-state index in [4.69, 9.17) is 21.1 Å². The lowest BCUT2D eigenvalue weighted by molar-refractivity contribution is 0.0677. The Morgan fingerprint density at radius 2 is 2.16 bits per heavy atom. The Bertz CT molecular complexity index is 1170. The number of nitrogens with one attached hydrogen (secondary N) is 1. The molecule has 0 saturated carbocycles. The molecule has 0 spiro atoms. The number of carbonyl (C=O) groups is 1. The van der Waals surface area contributed by atoms with E-state index in [1.165, 1.54) is 0 Å². The van der Waals surface area contributed by atoms with Crippen molar-refractivity contribution in [1.29, 1.82) is 0 Å². The Hall–Kier alpha value is -3.29. The van der Waals surface area contributed by atoms with E-state index >= 15 is 0 Å². The predicted octanol–water partition coefficient (Wildman–Crippen LogP) is 4.50. The van der Waals surface area contributed by atoms with Crippen LogP contribution in [0.15, 0.2) is 49.1 Å². The number of hydrogen-bond acceptors (Lipinski definition) is 5. The van der Waals surface area contributed by atoms with E-state index < -0.39 is 6.04 Å². The van der Waals surface area contributed by atoms with Gasteiger partial charge < -0.3 is 19.5 Å². The molecule has 1 aromatic heterocycles. The zero-order chi connectivity index (χ0) is 22.8. The van der Waals surface area contributed by atoms with E-state index in [2.05, 4.69) is 16.8 Å². The van der Waals surface area contributed by atoms with Crippen LogP contribution in [0.5, 0.6) is 11.5 Å². The van der Waals surface area contributed by atoms with E-state index in [-0.39, 0.29) is 11.7 Å². The van der Waals surface area contributed by atoms with Crippen LogP contribution in [0.2, 0.25) is 5.02 Å². The molecule has 7 nitrogen and oxygen atoms in total. The topological polar surface area (TPSA) is 87.7 Å². The van der Waals surface area contributed by atoms with Gasteiger partial charge in [0.15, 0.2) is 0 Å². The molecule has 1 amide bonds. The first-order valence-corrected chi connectivity index (χ1v) is 10.5. The molecule has 4 rings (SSSR count). The quantitative estimate of drug-likeness (QED) is 0.490. The predicted molar refractivity (Wildman–Crippen MR) is 122 cm³/mol. The van der Waals surface area contributed by atoms with Gasteiger partial charge in [-0.15, -0.1) is 0 Å². The highest BCUT2D eigenvalue weighted by atomic mass is 35.5. The van der Waals surface area contributed by atoms with E-state index in [0.717, 1.165) is 11.1 Å². The number of aryl methyl sites for hydroxylation is 1. The lowest BCUT2D eigenvalue weighted by Crippen LogP contribution is -2.32. The second-order valence-corrected chi connectivity index (χ2v) is 7.95. The molecule has 1 aliphatic heterocycles. The zero-order valence-electron chi connectivity index (χ0n) is 17.9. The second kappa shape index (κ2) is 9.06. The average molecular weight is 454 g/mol. The maximum absolute atomic E-state index is 13.3. The molecule has 32 heavy (non-hydrogen) atoms. The number of methoxy groups -OCH3 is 1. The fourth-order valence-electron chi connectivity index (χ4n) is 3.95. The first-order valence-electron chi connectivity index (χ1n) is 10.2. The van der Waals surface area contributed by atoms with Crippen molar-refractivity contribution in [3.8, 4) is 22.8 Å². The van der Waals surface area contributed by atoms with Gasteiger partial charge in [0, 0.05) is 29.8 Å². The summed E-state index contributed by atoms with van der Waals surface area (Å²) in [6.45, 7) is 6.64. The zero-order valence-corrected chi connectivity index (χ0v) is 18.6. The van der Waals surface area contributed by atoms with Gasteiger partial charge >= 0.3 is 0 Å². The van der Waals surface area contributed by atoms with Crippen molar-refractivity contribution < 1.29 is 19.4 Å². The highest BCUT2D eigenvalue weighted by molar-refractivity contribution is 6.31. The van der Waals surface area contributed by atoms with Gasteiger partial charge in [0.1, 0.15) is 29.5 Å². The Kier molecular flexibility index (Phi) is 6.21. The van der Waals surface area contributed by atoms with Crippen molar-refractivity contribution in [2.45, 2.75) is 13.0 Å². The number of halogens is 1. The largest absolute Gasteiger partial charge is 0.507 e. The molecule has 166 valence electrons. The molecule has 2 aromatic carbocycles. The minimum atomic E-state index is -0.437. The number of nitrogens with zero attached hydrogens (tertiary/aromatic N) is 2. The van der Waals surface area contributed by atoms with Gasteiger partial charge in [0.2, 0.25) is 0 Å². The van der Waals surface area contributed by atoms with Gasteiger partial charge in [0.05, 0.1) is 12.6 Å². The number of aromatic hydroxyl groups is 1. The number of rotatable bonds is 8. The molecular formula is C24H24ClN3O4. The van der Waals surface area contributed by atoms with Crippen LogP contribution >= 0.6 is 11.6 Å². The van der Waals surface area contributed by atoms with Crippen molar-refractivity contribution >= 4 is 17.5 Å². The van der Waals surface area contributed by atoms with Crippen LogP contribution in [0, 0.1) is 6.92 Å². The van der Waals surface area contributed by atoms with Crippen molar-refractivity contribution in [3.63, 3.8) is 0 Å². The average Bonchev–Trinajstić information content (AvgIpc) is 3.32. The fourth-order valence-corrected chi connectivity index (χ4v) is 4.12. The molecule has 1 aliphatic rings. The number of aromatic nitrogens is 2. The number of phenols is 1. The number of hydrogen-bond donors (Lipinski definition) is 2. The monoisotopic (exact) mass is 453 g/mol. The van der Waals surface area contributed by atoms with E-state index in [1.807, 2.05) is 31.2 Å². The van der Waals surface area contributed by atoms with Crippen molar-refractivity contribution in [1.82, 2.24) is 15.1 Å². The minimum absolute atomic E-state index is 0.0470. The molecule has 3 aromatic rings. The molecule has 2 heterocycles. The SMILES string of the molecule is C=CCOc1cccc(C2c3c(-c4cc(Cl)c(C)cc4O)n[nH]c3C(=O)N2CCOC)c1. The number of benzene rings is 2. The Labute approximate surface area is 191 Å². The van der Waals surface area contributed by atoms with Crippen molar-refractivity contribution in [2.24, 2.45) is 0 Å². The fraction of sp³-hybridized carbons (Fsp3) is 0.250. The van der Waals surface area contributed by atoms with Gasteiger partial charge in [-0.2, -0.15) is 5.10 Å². The third-order valence-electron chi connectivity index (χ3n) is 5.47. The Morgan fingerprint density at radius 1 is 1.34 bits per heavy atom. The Balaban J connectivity index is 1.86. The molecule has 0 fully saturated rings. The maximum Gasteiger partial charge on any atom is 0.273 e. The highest BCUT2D eigenvalue weighted by Gasteiger charge is 2.42. The molecule has 0 saturated heterocycles. The third-order valence-corrected chi connectivity index (χ3v) is 5.88. The summed E-state index contributed by atoms with van der Waals surface area (Å²) in [5.74, 6) is 0.531. The normalized spacial score (nSPS) is 15.2. The highest BCUT2D eigenvalue weighted by Crippen LogP contribution is 2.45. The first kappa shape index (κ1) is 21.9. The standard InChI is InChI=1S/C24H24ClN3O4/c1-4-9-32-16-7-5-6-15(12-16)23-20-21(17-13-18(25)14(2)11-19(17)29)26-27-22(20)24(30)28(23)8-10-31-3/h4-7,11-13,23,29H,1,8-10H2,2-3H3,(H,26,27). The lowest BCUT2D eigenvalue weighted by Gasteiger charge is -2.26. The van der Waals surface area contributed by atoms with E-state index in [0.29, 0.717) is 53.0 Å². The summed E-state index contributed by atoms with van der Waals surface area (Å²) in [5, 5.41) is 18.4. The molecule has 0 bridgehead atoms. The summed E-state index contributed by atoms with van der Waals surface area (Å²) in [5.41, 5.74) is 3.62. The summed E-state index contributed by atoms with van der Waals surface area (Å²) in [4.78, 5) is 15.0. The number of fused-ring (bicyclic) bond motifs is 1. The molecule has 1 atom stereocenters.